The number of esters is 1. The standard InChI is InChI=1S/C21H20N2O4/c1-2-27-20(26)21(13-22(21)12-15-8-4-3-5-9-15)14-23-18(24)16-10-6-7-11-17(16)19(23)25/h3-11H,2,12-14H2,1H3. The number of ether oxygens (including phenoxy) is 1. The van der Waals surface area contributed by atoms with Crippen LogP contribution in [0.4, 0.5) is 0 Å². The summed E-state index contributed by atoms with van der Waals surface area (Å²) in [5, 5.41) is 0. The van der Waals surface area contributed by atoms with Crippen LogP contribution >= 0.6 is 0 Å². The summed E-state index contributed by atoms with van der Waals surface area (Å²) in [6.07, 6.45) is 0. The van der Waals surface area contributed by atoms with Gasteiger partial charge in [-0.3, -0.25) is 19.4 Å². The van der Waals surface area contributed by atoms with E-state index in [1.165, 1.54) is 4.90 Å². The fourth-order valence-corrected chi connectivity index (χ4v) is 3.61. The van der Waals surface area contributed by atoms with Gasteiger partial charge in [-0.05, 0) is 24.6 Å². The first kappa shape index (κ1) is 17.4. The van der Waals surface area contributed by atoms with Crippen molar-refractivity contribution in [3.63, 3.8) is 0 Å². The Kier molecular flexibility index (Phi) is 4.28. The first-order valence-corrected chi connectivity index (χ1v) is 8.98. The Morgan fingerprint density at radius 1 is 1.00 bits per heavy atom. The van der Waals surface area contributed by atoms with Gasteiger partial charge < -0.3 is 4.74 Å². The van der Waals surface area contributed by atoms with Gasteiger partial charge in [-0.25, -0.2) is 4.79 Å². The fraction of sp³-hybridized carbons (Fsp3) is 0.286. The molecule has 1 fully saturated rings. The van der Waals surface area contributed by atoms with Gasteiger partial charge in [0.2, 0.25) is 0 Å². The van der Waals surface area contributed by atoms with Crippen molar-refractivity contribution in [3.8, 4) is 0 Å². The van der Waals surface area contributed by atoms with Crippen molar-refractivity contribution >= 4 is 17.8 Å². The van der Waals surface area contributed by atoms with Crippen LogP contribution in [0, 0.1) is 0 Å². The summed E-state index contributed by atoms with van der Waals surface area (Å²) in [4.78, 5) is 41.2. The molecule has 0 bridgehead atoms. The number of imide groups is 1. The lowest BCUT2D eigenvalue weighted by Crippen LogP contribution is -2.46. The van der Waals surface area contributed by atoms with E-state index in [-0.39, 0.29) is 25.0 Å². The zero-order valence-corrected chi connectivity index (χ0v) is 15.1. The van der Waals surface area contributed by atoms with Crippen molar-refractivity contribution in [3.05, 3.63) is 71.3 Å². The van der Waals surface area contributed by atoms with Crippen LogP contribution < -0.4 is 0 Å². The SMILES string of the molecule is CCOC(=O)C1(CN2C(=O)c3ccccc3C2=O)CN1Cc1ccccc1. The summed E-state index contributed by atoms with van der Waals surface area (Å²) >= 11 is 0. The Labute approximate surface area is 157 Å². The Morgan fingerprint density at radius 2 is 1.59 bits per heavy atom. The maximum Gasteiger partial charge on any atom is 0.329 e. The van der Waals surface area contributed by atoms with Crippen molar-refractivity contribution in [1.29, 1.82) is 0 Å². The molecule has 0 aromatic heterocycles. The molecule has 0 radical (unpaired) electrons. The van der Waals surface area contributed by atoms with Gasteiger partial charge in [0.15, 0.2) is 5.54 Å². The number of benzene rings is 2. The zero-order valence-electron chi connectivity index (χ0n) is 15.1. The molecule has 27 heavy (non-hydrogen) atoms. The normalized spacial score (nSPS) is 23.3. The van der Waals surface area contributed by atoms with E-state index in [0.29, 0.717) is 24.2 Å². The van der Waals surface area contributed by atoms with Gasteiger partial charge in [0.05, 0.1) is 24.3 Å². The quantitative estimate of drug-likeness (QED) is 0.446. The van der Waals surface area contributed by atoms with Crippen LogP contribution in [0.3, 0.4) is 0 Å². The molecule has 2 heterocycles. The lowest BCUT2D eigenvalue weighted by atomic mass is 10.1. The minimum absolute atomic E-state index is 0.00497. The maximum atomic E-state index is 12.7. The van der Waals surface area contributed by atoms with Gasteiger partial charge in [-0.15, -0.1) is 0 Å². The summed E-state index contributed by atoms with van der Waals surface area (Å²) in [5.41, 5.74) is 0.860. The molecule has 2 unspecified atom stereocenters. The van der Waals surface area contributed by atoms with E-state index in [2.05, 4.69) is 0 Å². The van der Waals surface area contributed by atoms with E-state index >= 15 is 0 Å². The molecule has 138 valence electrons. The number of hydrogen-bond donors (Lipinski definition) is 0. The monoisotopic (exact) mass is 364 g/mol. The highest BCUT2D eigenvalue weighted by Gasteiger charge is 2.61. The molecule has 6 nitrogen and oxygen atoms in total. The van der Waals surface area contributed by atoms with E-state index in [9.17, 15) is 14.4 Å². The molecule has 2 aromatic rings. The summed E-state index contributed by atoms with van der Waals surface area (Å²) in [6.45, 7) is 3.02. The summed E-state index contributed by atoms with van der Waals surface area (Å²) in [6, 6.07) is 16.5. The van der Waals surface area contributed by atoms with Crippen LogP contribution in [0.1, 0.15) is 33.2 Å². The number of carbonyl (C=O) groups is 3. The van der Waals surface area contributed by atoms with Gasteiger partial charge in [0.1, 0.15) is 0 Å². The minimum atomic E-state index is -0.973. The first-order chi connectivity index (χ1) is 13.1. The molecular weight excluding hydrogens is 344 g/mol. The van der Waals surface area contributed by atoms with Gasteiger partial charge >= 0.3 is 5.97 Å². The number of nitrogens with zero attached hydrogens (tertiary/aromatic N) is 2. The molecular formula is C21H20N2O4. The average molecular weight is 364 g/mol. The molecule has 0 aliphatic carbocycles. The highest BCUT2D eigenvalue weighted by Crippen LogP contribution is 2.38. The smallest absolute Gasteiger partial charge is 0.329 e. The van der Waals surface area contributed by atoms with E-state index in [0.717, 1.165) is 5.56 Å². The van der Waals surface area contributed by atoms with Crippen LogP contribution in [0.5, 0.6) is 0 Å². The molecule has 6 heteroatoms. The lowest BCUT2D eigenvalue weighted by Gasteiger charge is -2.22. The van der Waals surface area contributed by atoms with Gasteiger partial charge in [-0.1, -0.05) is 42.5 Å². The molecule has 2 atom stereocenters. The van der Waals surface area contributed by atoms with Gasteiger partial charge in [0, 0.05) is 13.1 Å². The summed E-state index contributed by atoms with van der Waals surface area (Å²) in [7, 11) is 0. The van der Waals surface area contributed by atoms with Gasteiger partial charge in [0.25, 0.3) is 11.8 Å². The predicted molar refractivity (Wildman–Crippen MR) is 98.0 cm³/mol. The largest absolute Gasteiger partial charge is 0.465 e. The van der Waals surface area contributed by atoms with Crippen LogP contribution in [-0.2, 0) is 16.1 Å². The van der Waals surface area contributed by atoms with Crippen molar-refractivity contribution in [1.82, 2.24) is 9.80 Å². The summed E-state index contributed by atoms with van der Waals surface area (Å²) in [5.74, 6) is -1.10. The van der Waals surface area contributed by atoms with E-state index < -0.39 is 11.5 Å². The molecule has 0 N–H and O–H groups in total. The van der Waals surface area contributed by atoms with Crippen LogP contribution in [0.25, 0.3) is 0 Å². The second kappa shape index (κ2) is 6.63. The molecule has 2 amide bonds. The third-order valence-electron chi connectivity index (χ3n) is 5.12. The molecule has 0 spiro atoms. The van der Waals surface area contributed by atoms with Crippen molar-refractivity contribution in [2.45, 2.75) is 19.0 Å². The second-order valence-electron chi connectivity index (χ2n) is 6.84. The van der Waals surface area contributed by atoms with Crippen LogP contribution in [-0.4, -0.2) is 52.8 Å². The highest BCUT2D eigenvalue weighted by molar-refractivity contribution is 6.21. The van der Waals surface area contributed by atoms with Gasteiger partial charge in [-0.2, -0.15) is 0 Å². The van der Waals surface area contributed by atoms with E-state index in [1.54, 1.807) is 31.2 Å². The predicted octanol–water partition coefficient (Wildman–Crippen LogP) is 2.10. The van der Waals surface area contributed by atoms with Crippen molar-refractivity contribution in [2.75, 3.05) is 19.7 Å². The molecule has 1 saturated heterocycles. The summed E-state index contributed by atoms with van der Waals surface area (Å²) < 4.78 is 5.27. The van der Waals surface area contributed by atoms with E-state index in [4.69, 9.17) is 4.74 Å². The van der Waals surface area contributed by atoms with E-state index in [1.807, 2.05) is 35.2 Å². The number of rotatable bonds is 6. The minimum Gasteiger partial charge on any atom is -0.465 e. The average Bonchev–Trinajstić information content (AvgIpc) is 3.33. The number of hydrogen-bond acceptors (Lipinski definition) is 5. The number of fused-ring (bicyclic) bond motifs is 1. The fourth-order valence-electron chi connectivity index (χ4n) is 3.61. The lowest BCUT2D eigenvalue weighted by molar-refractivity contribution is -0.147. The highest BCUT2D eigenvalue weighted by atomic mass is 16.5. The molecule has 0 saturated carbocycles. The molecule has 2 aliphatic heterocycles. The van der Waals surface area contributed by atoms with Crippen molar-refractivity contribution in [2.24, 2.45) is 0 Å². The topological polar surface area (TPSA) is 66.7 Å². The third kappa shape index (κ3) is 2.92. The first-order valence-electron chi connectivity index (χ1n) is 8.98. The Balaban J connectivity index is 1.58. The zero-order chi connectivity index (χ0) is 19.0. The molecule has 2 aromatic carbocycles. The van der Waals surface area contributed by atoms with Crippen LogP contribution in [0.2, 0.25) is 0 Å². The second-order valence-corrected chi connectivity index (χ2v) is 6.84. The van der Waals surface area contributed by atoms with Crippen molar-refractivity contribution < 1.29 is 19.1 Å². The molecule has 4 rings (SSSR count). The van der Waals surface area contributed by atoms with Crippen LogP contribution in [0.15, 0.2) is 54.6 Å². The third-order valence-corrected chi connectivity index (χ3v) is 5.12. The molecule has 2 aliphatic rings. The number of amides is 2. The number of carbonyl (C=O) groups excluding carboxylic acids is 3. The Morgan fingerprint density at radius 3 is 2.19 bits per heavy atom. The maximum absolute atomic E-state index is 12.7. The Bertz CT molecular complexity index is 876. The Hall–Kier alpha value is -2.99.